The van der Waals surface area contributed by atoms with Crippen molar-refractivity contribution in [1.82, 2.24) is 14.8 Å². The summed E-state index contributed by atoms with van der Waals surface area (Å²) in [5.41, 5.74) is 1.89. The van der Waals surface area contributed by atoms with Crippen LogP contribution in [0.5, 0.6) is 6.01 Å². The molecule has 0 aliphatic rings. The number of halogens is 1. The van der Waals surface area contributed by atoms with E-state index in [4.69, 9.17) is 14.2 Å². The van der Waals surface area contributed by atoms with Crippen molar-refractivity contribution < 1.29 is 23.4 Å². The van der Waals surface area contributed by atoms with Gasteiger partial charge in [-0.25, -0.2) is 9.07 Å². The molecule has 1 amide bonds. The monoisotopic (exact) mass is 414 g/mol. The first-order chi connectivity index (χ1) is 14.6. The van der Waals surface area contributed by atoms with Crippen LogP contribution >= 0.6 is 0 Å². The van der Waals surface area contributed by atoms with Crippen LogP contribution < -0.4 is 10.1 Å². The molecule has 0 spiro atoms. The number of ether oxygens (including phenoxy) is 3. The Kier molecular flexibility index (Phi) is 7.47. The van der Waals surface area contributed by atoms with Gasteiger partial charge in [-0.1, -0.05) is 6.07 Å². The predicted molar refractivity (Wildman–Crippen MR) is 109 cm³/mol. The van der Waals surface area contributed by atoms with Crippen molar-refractivity contribution in [2.24, 2.45) is 0 Å². The Morgan fingerprint density at radius 3 is 2.70 bits per heavy atom. The van der Waals surface area contributed by atoms with E-state index in [1.54, 1.807) is 35.0 Å². The molecule has 30 heavy (non-hydrogen) atoms. The number of benzene rings is 2. The van der Waals surface area contributed by atoms with Gasteiger partial charge in [-0.15, -0.1) is 5.10 Å². The third kappa shape index (κ3) is 5.62. The highest BCUT2D eigenvalue weighted by Gasteiger charge is 2.15. The standard InChI is InChI=1S/C21H23FN4O4/c1-3-29-11-12-30-21-24-20(15-7-9-16(22)10-8-15)26(25-21)18-6-4-5-17(13-18)23-19(27)14-28-2/h4-10,13H,3,11-12,14H2,1-2H3,(H,23,27). The third-order valence-corrected chi connectivity index (χ3v) is 4.00. The van der Waals surface area contributed by atoms with E-state index in [0.717, 1.165) is 0 Å². The minimum absolute atomic E-state index is 0.0494. The molecule has 158 valence electrons. The zero-order valence-electron chi connectivity index (χ0n) is 16.8. The summed E-state index contributed by atoms with van der Waals surface area (Å²) in [6.07, 6.45) is 0. The molecule has 1 heterocycles. The Hall–Kier alpha value is -3.30. The lowest BCUT2D eigenvalue weighted by Crippen LogP contribution is -2.17. The zero-order valence-corrected chi connectivity index (χ0v) is 16.8. The molecule has 0 saturated carbocycles. The first-order valence-corrected chi connectivity index (χ1v) is 9.43. The van der Waals surface area contributed by atoms with Crippen LogP contribution in [0, 0.1) is 5.82 Å². The van der Waals surface area contributed by atoms with Crippen molar-refractivity contribution >= 4 is 11.6 Å². The number of amides is 1. The van der Waals surface area contributed by atoms with E-state index < -0.39 is 0 Å². The SMILES string of the molecule is CCOCCOc1nc(-c2ccc(F)cc2)n(-c2cccc(NC(=O)COC)c2)n1. The number of hydrogen-bond acceptors (Lipinski definition) is 6. The fourth-order valence-corrected chi connectivity index (χ4v) is 2.70. The van der Waals surface area contributed by atoms with Crippen LogP contribution in [0.4, 0.5) is 10.1 Å². The van der Waals surface area contributed by atoms with Crippen LogP contribution in [-0.2, 0) is 14.3 Å². The van der Waals surface area contributed by atoms with Gasteiger partial charge < -0.3 is 19.5 Å². The van der Waals surface area contributed by atoms with Crippen molar-refractivity contribution in [1.29, 1.82) is 0 Å². The van der Waals surface area contributed by atoms with E-state index in [0.29, 0.717) is 42.6 Å². The van der Waals surface area contributed by atoms with Crippen molar-refractivity contribution in [3.05, 3.63) is 54.3 Å². The van der Waals surface area contributed by atoms with Crippen molar-refractivity contribution in [2.75, 3.05) is 38.9 Å². The maximum atomic E-state index is 13.4. The minimum Gasteiger partial charge on any atom is -0.460 e. The zero-order chi connectivity index (χ0) is 21.3. The van der Waals surface area contributed by atoms with Crippen molar-refractivity contribution in [2.45, 2.75) is 6.92 Å². The first-order valence-electron chi connectivity index (χ1n) is 9.43. The highest BCUT2D eigenvalue weighted by Crippen LogP contribution is 2.25. The second kappa shape index (κ2) is 10.5. The highest BCUT2D eigenvalue weighted by molar-refractivity contribution is 5.91. The first kappa shape index (κ1) is 21.4. The number of aromatic nitrogens is 3. The molecular formula is C21H23FN4O4. The van der Waals surface area contributed by atoms with E-state index in [2.05, 4.69) is 15.4 Å². The van der Waals surface area contributed by atoms with Gasteiger partial charge in [0.15, 0.2) is 5.82 Å². The quantitative estimate of drug-likeness (QED) is 0.513. The van der Waals surface area contributed by atoms with Crippen LogP contribution in [0.1, 0.15) is 6.92 Å². The summed E-state index contributed by atoms with van der Waals surface area (Å²) in [4.78, 5) is 16.3. The van der Waals surface area contributed by atoms with E-state index >= 15 is 0 Å². The Morgan fingerprint density at radius 2 is 1.97 bits per heavy atom. The maximum absolute atomic E-state index is 13.4. The molecular weight excluding hydrogens is 391 g/mol. The van der Waals surface area contributed by atoms with Gasteiger partial charge in [-0.2, -0.15) is 4.98 Å². The molecule has 0 radical (unpaired) electrons. The normalized spacial score (nSPS) is 10.8. The smallest absolute Gasteiger partial charge is 0.336 e. The molecule has 0 aliphatic carbocycles. The van der Waals surface area contributed by atoms with Crippen LogP contribution in [0.25, 0.3) is 17.1 Å². The Morgan fingerprint density at radius 1 is 1.17 bits per heavy atom. The maximum Gasteiger partial charge on any atom is 0.336 e. The summed E-state index contributed by atoms with van der Waals surface area (Å²) >= 11 is 0. The Bertz CT molecular complexity index is 975. The molecule has 9 heteroatoms. The second-order valence-corrected chi connectivity index (χ2v) is 6.21. The molecule has 0 unspecified atom stereocenters. The van der Waals surface area contributed by atoms with Crippen LogP contribution in [0.15, 0.2) is 48.5 Å². The molecule has 8 nitrogen and oxygen atoms in total. The van der Waals surface area contributed by atoms with Gasteiger partial charge >= 0.3 is 6.01 Å². The lowest BCUT2D eigenvalue weighted by atomic mass is 10.2. The van der Waals surface area contributed by atoms with Gasteiger partial charge in [0.25, 0.3) is 0 Å². The Labute approximate surface area is 173 Å². The molecule has 3 rings (SSSR count). The molecule has 0 atom stereocenters. The van der Waals surface area contributed by atoms with Crippen molar-refractivity contribution in [3.63, 3.8) is 0 Å². The topological polar surface area (TPSA) is 87.5 Å². The average Bonchev–Trinajstić information content (AvgIpc) is 3.16. The third-order valence-electron chi connectivity index (χ3n) is 4.00. The number of carbonyl (C=O) groups is 1. The minimum atomic E-state index is -0.346. The largest absolute Gasteiger partial charge is 0.460 e. The molecule has 0 fully saturated rings. The molecule has 1 aromatic heterocycles. The van der Waals surface area contributed by atoms with E-state index in [1.165, 1.54) is 19.2 Å². The number of carbonyl (C=O) groups excluding carboxylic acids is 1. The summed E-state index contributed by atoms with van der Waals surface area (Å²) in [6.45, 7) is 3.16. The number of nitrogens with zero attached hydrogens (tertiary/aromatic N) is 3. The number of methoxy groups -OCH3 is 1. The van der Waals surface area contributed by atoms with Gasteiger partial charge in [0.2, 0.25) is 5.91 Å². The van der Waals surface area contributed by atoms with Gasteiger partial charge in [0.05, 0.1) is 12.3 Å². The Balaban J connectivity index is 1.92. The summed E-state index contributed by atoms with van der Waals surface area (Å²) in [5.74, 6) is -0.144. The molecule has 0 saturated heterocycles. The van der Waals surface area contributed by atoms with E-state index in [-0.39, 0.29) is 24.3 Å². The van der Waals surface area contributed by atoms with Gasteiger partial charge in [-0.3, -0.25) is 4.79 Å². The van der Waals surface area contributed by atoms with E-state index in [1.807, 2.05) is 13.0 Å². The van der Waals surface area contributed by atoms with Crippen LogP contribution in [0.2, 0.25) is 0 Å². The average molecular weight is 414 g/mol. The van der Waals surface area contributed by atoms with Crippen LogP contribution in [-0.4, -0.2) is 54.2 Å². The fourth-order valence-electron chi connectivity index (χ4n) is 2.70. The summed E-state index contributed by atoms with van der Waals surface area (Å²) < 4.78 is 30.7. The molecule has 2 aromatic carbocycles. The number of hydrogen-bond donors (Lipinski definition) is 1. The number of rotatable bonds is 10. The molecule has 0 bridgehead atoms. The van der Waals surface area contributed by atoms with Gasteiger partial charge in [0.1, 0.15) is 19.0 Å². The summed E-state index contributed by atoms with van der Waals surface area (Å²) in [6, 6.07) is 13.2. The van der Waals surface area contributed by atoms with E-state index in [9.17, 15) is 9.18 Å². The number of anilines is 1. The van der Waals surface area contributed by atoms with Crippen molar-refractivity contribution in [3.8, 4) is 23.1 Å². The lowest BCUT2D eigenvalue weighted by Gasteiger charge is -2.09. The molecule has 0 aliphatic heterocycles. The van der Waals surface area contributed by atoms with Gasteiger partial charge in [0, 0.05) is 25.0 Å². The fraction of sp³-hybridized carbons (Fsp3) is 0.286. The van der Waals surface area contributed by atoms with Crippen LogP contribution in [0.3, 0.4) is 0 Å². The molecule has 3 aromatic rings. The lowest BCUT2D eigenvalue weighted by molar-refractivity contribution is -0.119. The second-order valence-electron chi connectivity index (χ2n) is 6.21. The summed E-state index contributed by atoms with van der Waals surface area (Å²) in [7, 11) is 1.45. The highest BCUT2D eigenvalue weighted by atomic mass is 19.1. The summed E-state index contributed by atoms with van der Waals surface area (Å²) in [5, 5.41) is 7.18. The predicted octanol–water partition coefficient (Wildman–Crippen LogP) is 3.07. The number of nitrogens with one attached hydrogen (secondary N) is 1. The van der Waals surface area contributed by atoms with Gasteiger partial charge in [-0.05, 0) is 49.4 Å². The molecule has 1 N–H and O–H groups in total.